The van der Waals surface area contributed by atoms with E-state index in [0.29, 0.717) is 23.4 Å². The van der Waals surface area contributed by atoms with Gasteiger partial charge in [0.25, 0.3) is 5.91 Å². The number of nitriles is 1. The molecular formula is C19H20N4O2. The summed E-state index contributed by atoms with van der Waals surface area (Å²) in [6.45, 7) is 1.90. The van der Waals surface area contributed by atoms with E-state index in [1.54, 1.807) is 48.5 Å². The number of nitrogens with zero attached hydrogens (tertiary/aromatic N) is 1. The van der Waals surface area contributed by atoms with E-state index in [-0.39, 0.29) is 24.4 Å². The first kappa shape index (κ1) is 18.0. The third kappa shape index (κ3) is 5.66. The molecule has 0 aromatic heterocycles. The van der Waals surface area contributed by atoms with Crippen molar-refractivity contribution in [2.45, 2.75) is 25.8 Å². The highest BCUT2D eigenvalue weighted by Gasteiger charge is 2.10. The van der Waals surface area contributed by atoms with E-state index in [9.17, 15) is 9.59 Å². The molecular weight excluding hydrogens is 316 g/mol. The first-order valence-electron chi connectivity index (χ1n) is 8.03. The summed E-state index contributed by atoms with van der Waals surface area (Å²) in [5.74, 6) is -0.220. The first-order chi connectivity index (χ1) is 12.1. The lowest BCUT2D eigenvalue weighted by Gasteiger charge is -2.15. The zero-order valence-corrected chi connectivity index (χ0v) is 14.0. The van der Waals surface area contributed by atoms with Gasteiger partial charge in [-0.05, 0) is 36.8 Å². The van der Waals surface area contributed by atoms with Gasteiger partial charge in [-0.3, -0.25) is 4.79 Å². The Hall–Kier alpha value is -3.33. The third-order valence-electron chi connectivity index (χ3n) is 3.58. The SMILES string of the molecule is CC[C@H](CC#N)NC(=O)Nc1cccc(NC(=O)c2ccccc2)c1. The van der Waals surface area contributed by atoms with Crippen LogP contribution < -0.4 is 16.0 Å². The quantitative estimate of drug-likeness (QED) is 0.750. The van der Waals surface area contributed by atoms with Crippen molar-refractivity contribution in [2.24, 2.45) is 0 Å². The molecule has 0 saturated heterocycles. The van der Waals surface area contributed by atoms with Gasteiger partial charge in [-0.25, -0.2) is 4.79 Å². The molecule has 0 aliphatic carbocycles. The number of rotatable bonds is 6. The Morgan fingerprint density at radius 1 is 1.04 bits per heavy atom. The Labute approximate surface area is 146 Å². The molecule has 0 heterocycles. The molecule has 0 aliphatic rings. The van der Waals surface area contributed by atoms with Gasteiger partial charge < -0.3 is 16.0 Å². The summed E-state index contributed by atoms with van der Waals surface area (Å²) in [7, 11) is 0. The number of anilines is 2. The molecule has 128 valence electrons. The lowest BCUT2D eigenvalue weighted by molar-refractivity contribution is 0.102. The van der Waals surface area contributed by atoms with E-state index in [1.165, 1.54) is 0 Å². The van der Waals surface area contributed by atoms with Gasteiger partial charge in [-0.2, -0.15) is 5.26 Å². The number of amides is 3. The molecule has 0 fully saturated rings. The minimum absolute atomic E-state index is 0.189. The van der Waals surface area contributed by atoms with Crippen molar-refractivity contribution in [3.63, 3.8) is 0 Å². The predicted octanol–water partition coefficient (Wildman–Crippen LogP) is 3.75. The fraction of sp³-hybridized carbons (Fsp3) is 0.211. The van der Waals surface area contributed by atoms with Gasteiger partial charge in [0.1, 0.15) is 0 Å². The number of urea groups is 1. The predicted molar refractivity (Wildman–Crippen MR) is 97.3 cm³/mol. The van der Waals surface area contributed by atoms with Crippen molar-refractivity contribution in [1.29, 1.82) is 5.26 Å². The fourth-order valence-electron chi connectivity index (χ4n) is 2.23. The van der Waals surface area contributed by atoms with Crippen molar-refractivity contribution in [3.05, 3.63) is 60.2 Å². The van der Waals surface area contributed by atoms with Crippen molar-refractivity contribution in [3.8, 4) is 6.07 Å². The fourth-order valence-corrected chi connectivity index (χ4v) is 2.23. The molecule has 0 aliphatic heterocycles. The average Bonchev–Trinajstić information content (AvgIpc) is 2.62. The molecule has 2 aromatic rings. The average molecular weight is 336 g/mol. The van der Waals surface area contributed by atoms with Crippen molar-refractivity contribution in [2.75, 3.05) is 10.6 Å². The van der Waals surface area contributed by atoms with Crippen LogP contribution in [0, 0.1) is 11.3 Å². The maximum atomic E-state index is 12.2. The van der Waals surface area contributed by atoms with Crippen molar-refractivity contribution in [1.82, 2.24) is 5.32 Å². The lowest BCUT2D eigenvalue weighted by atomic mass is 10.2. The molecule has 0 saturated carbocycles. The molecule has 6 heteroatoms. The second-order valence-electron chi connectivity index (χ2n) is 5.47. The summed E-state index contributed by atoms with van der Waals surface area (Å²) in [4.78, 5) is 24.2. The smallest absolute Gasteiger partial charge is 0.319 e. The molecule has 0 radical (unpaired) electrons. The molecule has 25 heavy (non-hydrogen) atoms. The minimum Gasteiger partial charge on any atom is -0.334 e. The first-order valence-corrected chi connectivity index (χ1v) is 8.03. The standard InChI is InChI=1S/C19H20N4O2/c1-2-15(11-12-20)22-19(25)23-17-10-6-9-16(13-17)21-18(24)14-7-4-3-5-8-14/h3-10,13,15H,2,11H2,1H3,(H,21,24)(H2,22,23,25)/t15-/m1/s1. The zero-order chi connectivity index (χ0) is 18.1. The highest BCUT2D eigenvalue weighted by molar-refractivity contribution is 6.04. The second-order valence-corrected chi connectivity index (χ2v) is 5.47. The normalized spacial score (nSPS) is 11.0. The summed E-state index contributed by atoms with van der Waals surface area (Å²) in [6.07, 6.45) is 0.936. The number of carbonyl (C=O) groups excluding carboxylic acids is 2. The summed E-state index contributed by atoms with van der Waals surface area (Å²) < 4.78 is 0. The highest BCUT2D eigenvalue weighted by Crippen LogP contribution is 2.16. The van der Waals surface area contributed by atoms with Gasteiger partial charge in [0.2, 0.25) is 0 Å². The Morgan fingerprint density at radius 2 is 1.72 bits per heavy atom. The summed E-state index contributed by atoms with van der Waals surface area (Å²) in [6, 6.07) is 17.2. The number of benzene rings is 2. The summed E-state index contributed by atoms with van der Waals surface area (Å²) in [5.41, 5.74) is 1.69. The molecule has 1 atom stereocenters. The van der Waals surface area contributed by atoms with E-state index < -0.39 is 0 Å². The van der Waals surface area contributed by atoms with Crippen LogP contribution in [0.2, 0.25) is 0 Å². The highest BCUT2D eigenvalue weighted by atomic mass is 16.2. The molecule has 3 amide bonds. The van der Waals surface area contributed by atoms with Gasteiger partial charge in [-0.15, -0.1) is 0 Å². The Morgan fingerprint density at radius 3 is 2.36 bits per heavy atom. The van der Waals surface area contributed by atoms with E-state index in [0.717, 1.165) is 0 Å². The molecule has 2 rings (SSSR count). The molecule has 6 nitrogen and oxygen atoms in total. The maximum Gasteiger partial charge on any atom is 0.319 e. The van der Waals surface area contributed by atoms with Gasteiger partial charge >= 0.3 is 6.03 Å². The second kappa shape index (κ2) is 9.08. The Kier molecular flexibility index (Phi) is 6.55. The molecule has 2 aromatic carbocycles. The molecule has 0 bridgehead atoms. The number of carbonyl (C=O) groups is 2. The number of hydrogen-bond acceptors (Lipinski definition) is 3. The van der Waals surface area contributed by atoms with Crippen LogP contribution in [0.3, 0.4) is 0 Å². The van der Waals surface area contributed by atoms with Gasteiger partial charge in [0.15, 0.2) is 0 Å². The number of hydrogen-bond donors (Lipinski definition) is 3. The summed E-state index contributed by atoms with van der Waals surface area (Å²) in [5, 5.41) is 17.0. The Balaban J connectivity index is 1.98. The lowest BCUT2D eigenvalue weighted by Crippen LogP contribution is -2.37. The van der Waals surface area contributed by atoms with Gasteiger partial charge in [0, 0.05) is 23.0 Å². The maximum absolute atomic E-state index is 12.2. The van der Waals surface area contributed by atoms with Crippen LogP contribution in [0.25, 0.3) is 0 Å². The van der Waals surface area contributed by atoms with Crippen LogP contribution in [-0.2, 0) is 0 Å². The van der Waals surface area contributed by atoms with Crippen LogP contribution in [0.15, 0.2) is 54.6 Å². The van der Waals surface area contributed by atoms with Crippen LogP contribution >= 0.6 is 0 Å². The van der Waals surface area contributed by atoms with Crippen molar-refractivity contribution < 1.29 is 9.59 Å². The monoisotopic (exact) mass is 336 g/mol. The van der Waals surface area contributed by atoms with E-state index in [4.69, 9.17) is 5.26 Å². The van der Waals surface area contributed by atoms with Gasteiger partial charge in [-0.1, -0.05) is 31.2 Å². The number of nitrogens with one attached hydrogen (secondary N) is 3. The largest absolute Gasteiger partial charge is 0.334 e. The van der Waals surface area contributed by atoms with Crippen LogP contribution in [-0.4, -0.2) is 18.0 Å². The van der Waals surface area contributed by atoms with E-state index in [2.05, 4.69) is 16.0 Å². The molecule has 3 N–H and O–H groups in total. The van der Waals surface area contributed by atoms with Crippen LogP contribution in [0.5, 0.6) is 0 Å². The third-order valence-corrected chi connectivity index (χ3v) is 3.58. The Bertz CT molecular complexity index is 768. The topological polar surface area (TPSA) is 94.0 Å². The zero-order valence-electron chi connectivity index (χ0n) is 14.0. The molecule has 0 unspecified atom stereocenters. The van der Waals surface area contributed by atoms with Crippen molar-refractivity contribution >= 4 is 23.3 Å². The van der Waals surface area contributed by atoms with Crippen LogP contribution in [0.1, 0.15) is 30.1 Å². The van der Waals surface area contributed by atoms with E-state index >= 15 is 0 Å². The summed E-state index contributed by atoms with van der Waals surface area (Å²) >= 11 is 0. The molecule has 0 spiro atoms. The van der Waals surface area contributed by atoms with E-state index in [1.807, 2.05) is 19.1 Å². The van der Waals surface area contributed by atoms with Crippen LogP contribution in [0.4, 0.5) is 16.2 Å². The minimum atomic E-state index is -0.381. The van der Waals surface area contributed by atoms with Gasteiger partial charge in [0.05, 0.1) is 12.5 Å².